The molecule has 3 nitrogen and oxygen atoms in total. The van der Waals surface area contributed by atoms with Crippen LogP contribution in [0.15, 0.2) is 6.20 Å². The molecule has 1 saturated heterocycles. The van der Waals surface area contributed by atoms with Crippen LogP contribution in [0, 0.1) is 0 Å². The third-order valence-electron chi connectivity index (χ3n) is 3.24. The summed E-state index contributed by atoms with van der Waals surface area (Å²) < 4.78 is 0. The average Bonchev–Trinajstić information content (AvgIpc) is 2.78. The zero-order chi connectivity index (χ0) is 11.4. The van der Waals surface area contributed by atoms with E-state index < -0.39 is 0 Å². The molecule has 0 aromatic carbocycles. The van der Waals surface area contributed by atoms with E-state index in [9.17, 15) is 0 Å². The lowest BCUT2D eigenvalue weighted by Crippen LogP contribution is -2.38. The molecule has 2 rings (SSSR count). The third kappa shape index (κ3) is 2.55. The first kappa shape index (κ1) is 11.9. The number of piperidine rings is 1. The highest BCUT2D eigenvalue weighted by atomic mass is 32.1. The van der Waals surface area contributed by atoms with Gasteiger partial charge in [-0.25, -0.2) is 4.98 Å². The molecule has 1 aromatic heterocycles. The smallest absolute Gasteiger partial charge is 0.185 e. The van der Waals surface area contributed by atoms with E-state index in [1.807, 2.05) is 24.6 Å². The van der Waals surface area contributed by atoms with Gasteiger partial charge in [0.2, 0.25) is 0 Å². The molecular weight excluding hydrogens is 218 g/mol. The molecule has 0 saturated carbocycles. The molecule has 0 radical (unpaired) electrons. The highest BCUT2D eigenvalue weighted by molar-refractivity contribution is 7.15. The van der Waals surface area contributed by atoms with E-state index in [0.29, 0.717) is 6.04 Å². The quantitative estimate of drug-likeness (QED) is 0.875. The Morgan fingerprint density at radius 1 is 1.56 bits per heavy atom. The Kier molecular flexibility index (Phi) is 4.18. The molecule has 1 atom stereocenters. The summed E-state index contributed by atoms with van der Waals surface area (Å²) in [6, 6.07) is 0.710. The second-order valence-electron chi connectivity index (χ2n) is 4.39. The Bertz CT molecular complexity index is 324. The lowest BCUT2D eigenvalue weighted by atomic mass is 10.0. The Hall–Kier alpha value is -0.610. The van der Waals surface area contributed by atoms with Crippen LogP contribution in [0.25, 0.3) is 0 Å². The standard InChI is InChI=1S/C12H21N3S/c1-3-10-6-4-5-7-15(10)12-14-9-11(16-12)8-13-2/h9-10,13H,3-8H2,1-2H3. The van der Waals surface area contributed by atoms with Gasteiger partial charge in [0.1, 0.15) is 0 Å². The van der Waals surface area contributed by atoms with E-state index in [1.54, 1.807) is 0 Å². The summed E-state index contributed by atoms with van der Waals surface area (Å²) in [5.74, 6) is 0. The van der Waals surface area contributed by atoms with Crippen molar-refractivity contribution in [2.45, 2.75) is 45.2 Å². The van der Waals surface area contributed by atoms with Gasteiger partial charge in [0.05, 0.1) is 0 Å². The van der Waals surface area contributed by atoms with Gasteiger partial charge in [0.25, 0.3) is 0 Å². The van der Waals surface area contributed by atoms with Crippen LogP contribution in [-0.2, 0) is 6.54 Å². The fourth-order valence-corrected chi connectivity index (χ4v) is 3.38. The molecule has 1 fully saturated rings. The summed E-state index contributed by atoms with van der Waals surface area (Å²) in [5, 5.41) is 4.40. The molecule has 90 valence electrons. The highest BCUT2D eigenvalue weighted by Gasteiger charge is 2.23. The molecule has 2 heterocycles. The second-order valence-corrected chi connectivity index (χ2v) is 5.48. The molecule has 1 N–H and O–H groups in total. The summed E-state index contributed by atoms with van der Waals surface area (Å²) >= 11 is 1.84. The van der Waals surface area contributed by atoms with Gasteiger partial charge in [-0.3, -0.25) is 0 Å². The van der Waals surface area contributed by atoms with Crippen LogP contribution in [0.2, 0.25) is 0 Å². The van der Waals surface area contributed by atoms with Gasteiger partial charge in [0, 0.05) is 30.2 Å². The van der Waals surface area contributed by atoms with Gasteiger partial charge in [-0.2, -0.15) is 0 Å². The van der Waals surface area contributed by atoms with Crippen LogP contribution in [0.4, 0.5) is 5.13 Å². The van der Waals surface area contributed by atoms with Crippen molar-refractivity contribution in [2.24, 2.45) is 0 Å². The number of aromatic nitrogens is 1. The number of hydrogen-bond donors (Lipinski definition) is 1. The van der Waals surface area contributed by atoms with E-state index >= 15 is 0 Å². The summed E-state index contributed by atoms with van der Waals surface area (Å²) in [4.78, 5) is 8.40. The first-order valence-electron chi connectivity index (χ1n) is 6.21. The summed E-state index contributed by atoms with van der Waals surface area (Å²) in [7, 11) is 1.98. The van der Waals surface area contributed by atoms with Gasteiger partial charge < -0.3 is 10.2 Å². The van der Waals surface area contributed by atoms with E-state index in [1.165, 1.54) is 42.2 Å². The molecule has 0 spiro atoms. The first-order chi connectivity index (χ1) is 7.85. The minimum absolute atomic E-state index is 0.710. The molecule has 16 heavy (non-hydrogen) atoms. The number of hydrogen-bond acceptors (Lipinski definition) is 4. The summed E-state index contributed by atoms with van der Waals surface area (Å²) in [5.41, 5.74) is 0. The Morgan fingerprint density at radius 3 is 3.19 bits per heavy atom. The van der Waals surface area contributed by atoms with Crippen LogP contribution in [0.5, 0.6) is 0 Å². The van der Waals surface area contributed by atoms with Crippen LogP contribution in [0.3, 0.4) is 0 Å². The monoisotopic (exact) mass is 239 g/mol. The van der Waals surface area contributed by atoms with E-state index in [2.05, 4.69) is 22.1 Å². The maximum Gasteiger partial charge on any atom is 0.185 e. The number of rotatable bonds is 4. The van der Waals surface area contributed by atoms with Gasteiger partial charge >= 0.3 is 0 Å². The summed E-state index contributed by atoms with van der Waals surface area (Å²) in [6.07, 6.45) is 7.28. The summed E-state index contributed by atoms with van der Waals surface area (Å²) in [6.45, 7) is 4.40. The van der Waals surface area contributed by atoms with Crippen molar-refractivity contribution >= 4 is 16.5 Å². The molecule has 1 aromatic rings. The number of nitrogens with one attached hydrogen (secondary N) is 1. The molecule has 1 aliphatic rings. The van der Waals surface area contributed by atoms with E-state index in [4.69, 9.17) is 0 Å². The van der Waals surface area contributed by atoms with Gasteiger partial charge in [0.15, 0.2) is 5.13 Å². The first-order valence-corrected chi connectivity index (χ1v) is 7.02. The van der Waals surface area contributed by atoms with Crippen LogP contribution in [0.1, 0.15) is 37.5 Å². The SMILES string of the molecule is CCC1CCCCN1c1ncc(CNC)s1. The van der Waals surface area contributed by atoms with E-state index in [-0.39, 0.29) is 0 Å². The largest absolute Gasteiger partial charge is 0.345 e. The Labute approximate surface area is 102 Å². The fraction of sp³-hybridized carbons (Fsp3) is 0.750. The third-order valence-corrected chi connectivity index (χ3v) is 4.27. The van der Waals surface area contributed by atoms with Crippen molar-refractivity contribution < 1.29 is 0 Å². The van der Waals surface area contributed by atoms with Crippen molar-refractivity contribution in [3.05, 3.63) is 11.1 Å². The molecule has 0 bridgehead atoms. The zero-order valence-electron chi connectivity index (χ0n) is 10.2. The second kappa shape index (κ2) is 5.64. The minimum Gasteiger partial charge on any atom is -0.345 e. The number of nitrogens with zero attached hydrogens (tertiary/aromatic N) is 2. The van der Waals surface area contributed by atoms with Gasteiger partial charge in [-0.1, -0.05) is 6.92 Å². The maximum absolute atomic E-state index is 4.56. The van der Waals surface area contributed by atoms with Crippen molar-refractivity contribution in [2.75, 3.05) is 18.5 Å². The normalized spacial score (nSPS) is 21.4. The fourth-order valence-electron chi connectivity index (χ4n) is 2.36. The average molecular weight is 239 g/mol. The van der Waals surface area contributed by atoms with Gasteiger partial charge in [-0.05, 0) is 32.7 Å². The lowest BCUT2D eigenvalue weighted by molar-refractivity contribution is 0.449. The maximum atomic E-state index is 4.56. The molecule has 4 heteroatoms. The van der Waals surface area contributed by atoms with Crippen molar-refractivity contribution in [3.8, 4) is 0 Å². The zero-order valence-corrected chi connectivity index (χ0v) is 11.0. The van der Waals surface area contributed by atoms with Crippen LogP contribution >= 0.6 is 11.3 Å². The molecule has 1 aliphatic heterocycles. The topological polar surface area (TPSA) is 28.2 Å². The molecule has 0 aliphatic carbocycles. The van der Waals surface area contributed by atoms with E-state index in [0.717, 1.165) is 6.54 Å². The van der Waals surface area contributed by atoms with Crippen molar-refractivity contribution in [1.82, 2.24) is 10.3 Å². The molecule has 0 amide bonds. The van der Waals surface area contributed by atoms with Crippen molar-refractivity contribution in [3.63, 3.8) is 0 Å². The van der Waals surface area contributed by atoms with Crippen molar-refractivity contribution in [1.29, 1.82) is 0 Å². The highest BCUT2D eigenvalue weighted by Crippen LogP contribution is 2.29. The predicted molar refractivity (Wildman–Crippen MR) is 70.2 cm³/mol. The Balaban J connectivity index is 2.08. The predicted octanol–water partition coefficient (Wildman–Crippen LogP) is 2.63. The molecular formula is C12H21N3S. The number of thiazole rings is 1. The van der Waals surface area contributed by atoms with Gasteiger partial charge in [-0.15, -0.1) is 11.3 Å². The van der Waals surface area contributed by atoms with Crippen LogP contribution in [-0.4, -0.2) is 24.6 Å². The number of anilines is 1. The van der Waals surface area contributed by atoms with Crippen LogP contribution < -0.4 is 10.2 Å². The lowest BCUT2D eigenvalue weighted by Gasteiger charge is -2.34. The Morgan fingerprint density at radius 2 is 2.44 bits per heavy atom. The minimum atomic E-state index is 0.710. The molecule has 1 unspecified atom stereocenters.